The van der Waals surface area contributed by atoms with Crippen molar-refractivity contribution in [1.29, 1.82) is 0 Å². The van der Waals surface area contributed by atoms with Crippen molar-refractivity contribution in [1.82, 2.24) is 0 Å². The van der Waals surface area contributed by atoms with Crippen LogP contribution in [0.3, 0.4) is 0 Å². The van der Waals surface area contributed by atoms with Crippen molar-refractivity contribution in [2.24, 2.45) is 5.73 Å². The molecule has 0 aromatic heterocycles. The van der Waals surface area contributed by atoms with Crippen LogP contribution in [0.2, 0.25) is 0 Å². The van der Waals surface area contributed by atoms with Crippen molar-refractivity contribution in [2.75, 3.05) is 6.54 Å². The van der Waals surface area contributed by atoms with Crippen LogP contribution in [0.25, 0.3) is 0 Å². The first-order valence-electron chi connectivity index (χ1n) is 3.19. The highest BCUT2D eigenvalue weighted by atomic mass is 16.3. The largest absolute Gasteiger partial charge is 0.508 e. The van der Waals surface area contributed by atoms with Gasteiger partial charge in [0.05, 0.1) is 0 Å². The first kappa shape index (κ1) is 8.98. The molecular formula is C8H13NO. The van der Waals surface area contributed by atoms with Crippen LogP contribution in [-0.2, 0) is 0 Å². The molecule has 0 fully saturated rings. The molecule has 2 nitrogen and oxygen atoms in total. The van der Waals surface area contributed by atoms with Gasteiger partial charge in [0.25, 0.3) is 0 Å². The molecule has 0 aliphatic heterocycles. The maximum Gasteiger partial charge on any atom is 0.111 e. The molecule has 0 rings (SSSR count). The van der Waals surface area contributed by atoms with Crippen molar-refractivity contribution in [3.63, 3.8) is 0 Å². The molecule has 0 atom stereocenters. The normalized spacial score (nSPS) is 13.6. The SMILES string of the molecule is C\C=C(O)/C=C\C=C/CN. The van der Waals surface area contributed by atoms with Gasteiger partial charge in [-0.15, -0.1) is 0 Å². The van der Waals surface area contributed by atoms with Crippen LogP contribution in [0.15, 0.2) is 36.1 Å². The zero-order valence-corrected chi connectivity index (χ0v) is 6.12. The fraction of sp³-hybridized carbons (Fsp3) is 0.250. The number of aliphatic hydroxyl groups excluding tert-OH is 1. The summed E-state index contributed by atoms with van der Waals surface area (Å²) in [6, 6.07) is 0. The van der Waals surface area contributed by atoms with Crippen molar-refractivity contribution in [3.8, 4) is 0 Å². The molecule has 0 aromatic carbocycles. The second kappa shape index (κ2) is 6.11. The molecule has 0 radical (unpaired) electrons. The van der Waals surface area contributed by atoms with Gasteiger partial charge in [0.2, 0.25) is 0 Å². The van der Waals surface area contributed by atoms with E-state index in [0.29, 0.717) is 6.54 Å². The van der Waals surface area contributed by atoms with Gasteiger partial charge in [0, 0.05) is 6.54 Å². The minimum Gasteiger partial charge on any atom is -0.508 e. The van der Waals surface area contributed by atoms with Crippen LogP contribution in [0.1, 0.15) is 6.92 Å². The molecule has 0 aliphatic rings. The van der Waals surface area contributed by atoms with Crippen LogP contribution in [0, 0.1) is 0 Å². The van der Waals surface area contributed by atoms with E-state index in [2.05, 4.69) is 0 Å². The summed E-state index contributed by atoms with van der Waals surface area (Å²) in [6.07, 6.45) is 8.56. The molecule has 0 amide bonds. The zero-order chi connectivity index (χ0) is 7.82. The van der Waals surface area contributed by atoms with Crippen LogP contribution >= 0.6 is 0 Å². The second-order valence-electron chi connectivity index (χ2n) is 1.74. The number of aliphatic hydroxyl groups is 1. The molecule has 0 bridgehead atoms. The summed E-state index contributed by atoms with van der Waals surface area (Å²) < 4.78 is 0. The monoisotopic (exact) mass is 139 g/mol. The van der Waals surface area contributed by atoms with E-state index in [1.54, 1.807) is 37.3 Å². The Kier molecular flexibility index (Phi) is 5.48. The van der Waals surface area contributed by atoms with Crippen LogP contribution in [-0.4, -0.2) is 11.7 Å². The summed E-state index contributed by atoms with van der Waals surface area (Å²) in [7, 11) is 0. The smallest absolute Gasteiger partial charge is 0.111 e. The lowest BCUT2D eigenvalue weighted by Gasteiger charge is -1.83. The fourth-order valence-corrected chi connectivity index (χ4v) is 0.408. The number of allylic oxidation sites excluding steroid dienone is 4. The topological polar surface area (TPSA) is 46.2 Å². The molecule has 56 valence electrons. The highest BCUT2D eigenvalue weighted by Gasteiger charge is 1.75. The average molecular weight is 139 g/mol. The summed E-state index contributed by atoms with van der Waals surface area (Å²) >= 11 is 0. The molecular weight excluding hydrogens is 126 g/mol. The summed E-state index contributed by atoms with van der Waals surface area (Å²) in [4.78, 5) is 0. The van der Waals surface area contributed by atoms with Gasteiger partial charge in [0.15, 0.2) is 0 Å². The van der Waals surface area contributed by atoms with Gasteiger partial charge in [-0.1, -0.05) is 18.2 Å². The minimum absolute atomic E-state index is 0.265. The van der Waals surface area contributed by atoms with Gasteiger partial charge in [-0.2, -0.15) is 0 Å². The molecule has 0 aliphatic carbocycles. The predicted octanol–water partition coefficient (Wildman–Crippen LogP) is 1.52. The van der Waals surface area contributed by atoms with E-state index in [1.807, 2.05) is 0 Å². The quantitative estimate of drug-likeness (QED) is 0.460. The number of hydrogen-bond acceptors (Lipinski definition) is 2. The van der Waals surface area contributed by atoms with Crippen molar-refractivity contribution in [2.45, 2.75) is 6.92 Å². The molecule has 0 heterocycles. The highest BCUT2D eigenvalue weighted by molar-refractivity contribution is 5.15. The van der Waals surface area contributed by atoms with Gasteiger partial charge in [-0.25, -0.2) is 0 Å². The minimum atomic E-state index is 0.265. The number of nitrogens with two attached hydrogens (primary N) is 1. The molecule has 0 spiro atoms. The highest BCUT2D eigenvalue weighted by Crippen LogP contribution is 1.89. The third-order valence-electron chi connectivity index (χ3n) is 0.946. The standard InChI is InChI=1S/C8H13NO/c1-2-8(10)6-4-3-5-7-9/h2-6,10H,7,9H2,1H3/b5-3-,6-4-,8-2+. The fourth-order valence-electron chi connectivity index (χ4n) is 0.408. The maximum absolute atomic E-state index is 8.87. The van der Waals surface area contributed by atoms with E-state index in [9.17, 15) is 0 Å². The van der Waals surface area contributed by atoms with E-state index in [1.165, 1.54) is 0 Å². The van der Waals surface area contributed by atoms with E-state index in [0.717, 1.165) is 0 Å². The summed E-state index contributed by atoms with van der Waals surface area (Å²) in [5.74, 6) is 0.265. The summed E-state index contributed by atoms with van der Waals surface area (Å²) in [6.45, 7) is 2.30. The van der Waals surface area contributed by atoms with E-state index in [-0.39, 0.29) is 5.76 Å². The molecule has 0 saturated carbocycles. The number of rotatable bonds is 3. The summed E-state index contributed by atoms with van der Waals surface area (Å²) in [5, 5.41) is 8.87. The van der Waals surface area contributed by atoms with Crippen molar-refractivity contribution < 1.29 is 5.11 Å². The third kappa shape index (κ3) is 5.12. The zero-order valence-electron chi connectivity index (χ0n) is 6.12. The molecule has 3 N–H and O–H groups in total. The van der Waals surface area contributed by atoms with Crippen LogP contribution < -0.4 is 5.73 Å². The lowest BCUT2D eigenvalue weighted by atomic mass is 10.4. The first-order chi connectivity index (χ1) is 4.81. The average Bonchev–Trinajstić information content (AvgIpc) is 1.98. The van der Waals surface area contributed by atoms with Gasteiger partial charge < -0.3 is 10.8 Å². The summed E-state index contributed by atoms with van der Waals surface area (Å²) in [5.41, 5.74) is 5.18. The number of hydrogen-bond donors (Lipinski definition) is 2. The Morgan fingerprint density at radius 1 is 1.50 bits per heavy atom. The second-order valence-corrected chi connectivity index (χ2v) is 1.74. The van der Waals surface area contributed by atoms with Gasteiger partial charge in [-0.05, 0) is 19.1 Å². The van der Waals surface area contributed by atoms with Crippen LogP contribution in [0.4, 0.5) is 0 Å². The van der Waals surface area contributed by atoms with Crippen LogP contribution in [0.5, 0.6) is 0 Å². The lowest BCUT2D eigenvalue weighted by molar-refractivity contribution is 0.431. The third-order valence-corrected chi connectivity index (χ3v) is 0.946. The van der Waals surface area contributed by atoms with Crippen molar-refractivity contribution >= 4 is 0 Å². The predicted molar refractivity (Wildman–Crippen MR) is 43.7 cm³/mol. The Morgan fingerprint density at radius 3 is 2.70 bits per heavy atom. The van der Waals surface area contributed by atoms with Crippen molar-refractivity contribution in [3.05, 3.63) is 36.1 Å². The van der Waals surface area contributed by atoms with E-state index < -0.39 is 0 Å². The Morgan fingerprint density at radius 2 is 2.20 bits per heavy atom. The molecule has 2 heteroatoms. The van der Waals surface area contributed by atoms with Gasteiger partial charge in [-0.3, -0.25) is 0 Å². The Labute approximate surface area is 61.4 Å². The van der Waals surface area contributed by atoms with Gasteiger partial charge in [0.1, 0.15) is 5.76 Å². The Balaban J connectivity index is 3.66. The first-order valence-corrected chi connectivity index (χ1v) is 3.19. The van der Waals surface area contributed by atoms with E-state index >= 15 is 0 Å². The molecule has 0 unspecified atom stereocenters. The Hall–Kier alpha value is -1.02. The molecule has 10 heavy (non-hydrogen) atoms. The Bertz CT molecular complexity index is 157. The molecule has 0 aromatic rings. The molecule has 0 saturated heterocycles. The van der Waals surface area contributed by atoms with Gasteiger partial charge >= 0.3 is 0 Å². The lowest BCUT2D eigenvalue weighted by Crippen LogP contribution is -1.91. The maximum atomic E-state index is 8.87. The van der Waals surface area contributed by atoms with E-state index in [4.69, 9.17) is 10.8 Å².